The number of amides is 2. The van der Waals surface area contributed by atoms with E-state index >= 15 is 0 Å². The third kappa shape index (κ3) is 3.74. The highest BCUT2D eigenvalue weighted by molar-refractivity contribution is 7.17. The maximum Gasteiger partial charge on any atom is 0.263 e. The molecule has 0 atom stereocenters. The Morgan fingerprint density at radius 3 is 3.00 bits per heavy atom. The Bertz CT molecular complexity index is 697. The molecule has 2 amide bonds. The number of carbonyl (C=O) groups excluding carboxylic acids is 2. The molecule has 0 bridgehead atoms. The molecule has 0 aliphatic carbocycles. The third-order valence-corrected chi connectivity index (χ3v) is 4.84. The van der Waals surface area contributed by atoms with Gasteiger partial charge in [0, 0.05) is 32.2 Å². The molecule has 0 radical (unpaired) electrons. The Kier molecular flexibility index (Phi) is 4.39. The zero-order valence-corrected chi connectivity index (χ0v) is 13.4. The van der Waals surface area contributed by atoms with E-state index in [0.29, 0.717) is 42.2 Å². The predicted octanol–water partition coefficient (Wildman–Crippen LogP) is 2.11. The van der Waals surface area contributed by atoms with Gasteiger partial charge in [-0.05, 0) is 12.8 Å². The summed E-state index contributed by atoms with van der Waals surface area (Å²) in [5.74, 6) is 2.30. The summed E-state index contributed by atoms with van der Waals surface area (Å²) in [4.78, 5) is 28.9. The molecule has 2 aliphatic rings. The second-order valence-corrected chi connectivity index (χ2v) is 6.59. The Morgan fingerprint density at radius 1 is 1.43 bits per heavy atom. The van der Waals surface area contributed by atoms with Crippen LogP contribution in [-0.4, -0.2) is 29.0 Å². The van der Waals surface area contributed by atoms with E-state index in [1.165, 1.54) is 11.3 Å². The highest BCUT2D eigenvalue weighted by Gasteiger charge is 2.39. The van der Waals surface area contributed by atoms with E-state index in [1.807, 2.05) is 0 Å². The smallest absolute Gasteiger partial charge is 0.263 e. The monoisotopic (exact) mass is 331 g/mol. The topological polar surface area (TPSA) is 95.8 Å². The molecule has 0 spiro atoms. The van der Waals surface area contributed by atoms with Crippen molar-refractivity contribution >= 4 is 28.3 Å². The van der Waals surface area contributed by atoms with Crippen molar-refractivity contribution in [2.45, 2.75) is 44.2 Å². The average Bonchev–Trinajstić information content (AvgIpc) is 3.24. The molecule has 0 saturated carbocycles. The quantitative estimate of drug-likeness (QED) is 0.781. The number of nitrogens with one attached hydrogen (secondary N) is 2. The summed E-state index contributed by atoms with van der Waals surface area (Å²) in [5, 5.41) is 14.1. The Hall–Kier alpha value is -2.27. The number of hydrogen-bond acceptors (Lipinski definition) is 6. The molecule has 120 valence electrons. The number of terminal acetylenes is 1. The SMILES string of the molecule is C#CCCC1(CCC(=O)Nc2nc3c(s2)C(=O)NCCC3)N=N1. The molecule has 0 unspecified atom stereocenters. The molecule has 1 aromatic heterocycles. The highest BCUT2D eigenvalue weighted by atomic mass is 32.1. The first-order chi connectivity index (χ1) is 11.1. The van der Waals surface area contributed by atoms with Gasteiger partial charge in [0.05, 0.1) is 5.69 Å². The van der Waals surface area contributed by atoms with Crippen LogP contribution in [0.3, 0.4) is 0 Å². The number of rotatable bonds is 6. The minimum absolute atomic E-state index is 0.112. The Morgan fingerprint density at radius 2 is 2.26 bits per heavy atom. The van der Waals surface area contributed by atoms with Crippen molar-refractivity contribution in [2.24, 2.45) is 10.2 Å². The van der Waals surface area contributed by atoms with Crippen LogP contribution in [-0.2, 0) is 11.2 Å². The lowest BCUT2D eigenvalue weighted by molar-refractivity contribution is -0.116. The van der Waals surface area contributed by atoms with Crippen molar-refractivity contribution in [1.29, 1.82) is 0 Å². The average molecular weight is 331 g/mol. The van der Waals surface area contributed by atoms with Gasteiger partial charge < -0.3 is 10.6 Å². The van der Waals surface area contributed by atoms with Crippen LogP contribution in [0.4, 0.5) is 5.13 Å². The Balaban J connectivity index is 1.54. The second kappa shape index (κ2) is 6.46. The van der Waals surface area contributed by atoms with Crippen LogP contribution < -0.4 is 10.6 Å². The zero-order chi connectivity index (χ0) is 16.3. The molecule has 7 nitrogen and oxygen atoms in total. The van der Waals surface area contributed by atoms with Gasteiger partial charge in [-0.2, -0.15) is 10.2 Å². The summed E-state index contributed by atoms with van der Waals surface area (Å²) >= 11 is 1.22. The first kappa shape index (κ1) is 15.6. The van der Waals surface area contributed by atoms with Gasteiger partial charge in [0.25, 0.3) is 5.91 Å². The van der Waals surface area contributed by atoms with E-state index in [1.54, 1.807) is 0 Å². The molecule has 0 aromatic carbocycles. The number of anilines is 1. The van der Waals surface area contributed by atoms with Gasteiger partial charge in [0.15, 0.2) is 10.8 Å². The van der Waals surface area contributed by atoms with Crippen LogP contribution >= 0.6 is 11.3 Å². The van der Waals surface area contributed by atoms with Crippen molar-refractivity contribution in [1.82, 2.24) is 10.3 Å². The van der Waals surface area contributed by atoms with Gasteiger partial charge in [0.1, 0.15) is 4.88 Å². The lowest BCUT2D eigenvalue weighted by Crippen LogP contribution is -2.21. The highest BCUT2D eigenvalue weighted by Crippen LogP contribution is 2.37. The van der Waals surface area contributed by atoms with E-state index in [-0.39, 0.29) is 11.8 Å². The van der Waals surface area contributed by atoms with E-state index in [2.05, 4.69) is 31.8 Å². The van der Waals surface area contributed by atoms with Gasteiger partial charge >= 0.3 is 0 Å². The van der Waals surface area contributed by atoms with E-state index in [4.69, 9.17) is 6.42 Å². The summed E-state index contributed by atoms with van der Waals surface area (Å²) in [6.07, 6.45) is 8.97. The number of aryl methyl sites for hydroxylation is 1. The molecule has 8 heteroatoms. The minimum Gasteiger partial charge on any atom is -0.351 e. The Labute approximate surface area is 138 Å². The van der Waals surface area contributed by atoms with Crippen molar-refractivity contribution in [3.8, 4) is 12.3 Å². The van der Waals surface area contributed by atoms with E-state index < -0.39 is 5.66 Å². The standard InChI is InChI=1S/C15H17N5O2S/c1-2-3-7-15(19-20-15)8-6-11(21)18-14-17-10-5-4-9-16-13(22)12(10)23-14/h1H,3-9H2,(H,16,22)(H,17,18,21). The van der Waals surface area contributed by atoms with Crippen LogP contribution in [0.15, 0.2) is 10.2 Å². The number of carbonyl (C=O) groups is 2. The van der Waals surface area contributed by atoms with Gasteiger partial charge in [0.2, 0.25) is 5.91 Å². The van der Waals surface area contributed by atoms with Crippen LogP contribution in [0.1, 0.15) is 47.5 Å². The van der Waals surface area contributed by atoms with Gasteiger partial charge in [-0.3, -0.25) is 9.59 Å². The van der Waals surface area contributed by atoms with Crippen LogP contribution in [0.5, 0.6) is 0 Å². The lowest BCUT2D eigenvalue weighted by atomic mass is 10.0. The fraction of sp³-hybridized carbons (Fsp3) is 0.533. The van der Waals surface area contributed by atoms with Gasteiger partial charge in [-0.25, -0.2) is 4.98 Å². The van der Waals surface area contributed by atoms with Gasteiger partial charge in [-0.15, -0.1) is 12.3 Å². The van der Waals surface area contributed by atoms with Crippen LogP contribution in [0.25, 0.3) is 0 Å². The number of thiazole rings is 1. The molecule has 0 saturated heterocycles. The summed E-state index contributed by atoms with van der Waals surface area (Å²) in [6.45, 7) is 0.663. The maximum absolute atomic E-state index is 12.1. The van der Waals surface area contributed by atoms with E-state index in [0.717, 1.165) is 18.5 Å². The normalized spacial score (nSPS) is 17.6. The van der Waals surface area contributed by atoms with Crippen molar-refractivity contribution in [2.75, 3.05) is 11.9 Å². The number of nitrogens with zero attached hydrogens (tertiary/aromatic N) is 3. The first-order valence-corrected chi connectivity index (χ1v) is 8.39. The molecule has 0 fully saturated rings. The van der Waals surface area contributed by atoms with Crippen molar-refractivity contribution in [3.05, 3.63) is 10.6 Å². The maximum atomic E-state index is 12.1. The molecule has 3 heterocycles. The second-order valence-electron chi connectivity index (χ2n) is 5.59. The van der Waals surface area contributed by atoms with Crippen LogP contribution in [0, 0.1) is 12.3 Å². The molecule has 3 rings (SSSR count). The summed E-state index contributed by atoms with van der Waals surface area (Å²) in [7, 11) is 0. The number of aromatic nitrogens is 1. The lowest BCUT2D eigenvalue weighted by Gasteiger charge is -2.07. The third-order valence-electron chi connectivity index (χ3n) is 3.83. The van der Waals surface area contributed by atoms with Crippen molar-refractivity contribution in [3.63, 3.8) is 0 Å². The summed E-state index contributed by atoms with van der Waals surface area (Å²) in [5.41, 5.74) is 0.307. The zero-order valence-electron chi connectivity index (χ0n) is 12.6. The summed E-state index contributed by atoms with van der Waals surface area (Å²) in [6, 6.07) is 0. The summed E-state index contributed by atoms with van der Waals surface area (Å²) < 4.78 is 0. The molecule has 2 N–H and O–H groups in total. The molecular weight excluding hydrogens is 314 g/mol. The fourth-order valence-corrected chi connectivity index (χ4v) is 3.40. The van der Waals surface area contributed by atoms with Crippen LogP contribution in [0.2, 0.25) is 0 Å². The number of hydrogen-bond donors (Lipinski definition) is 2. The first-order valence-electron chi connectivity index (χ1n) is 7.57. The van der Waals surface area contributed by atoms with Gasteiger partial charge in [-0.1, -0.05) is 11.3 Å². The van der Waals surface area contributed by atoms with E-state index in [9.17, 15) is 9.59 Å². The fourth-order valence-electron chi connectivity index (χ4n) is 2.45. The molecule has 1 aromatic rings. The minimum atomic E-state index is -0.455. The molecular formula is C15H17N5O2S. The molecule has 23 heavy (non-hydrogen) atoms. The largest absolute Gasteiger partial charge is 0.351 e. The number of fused-ring (bicyclic) bond motifs is 1. The van der Waals surface area contributed by atoms with Crippen molar-refractivity contribution < 1.29 is 9.59 Å². The molecule has 2 aliphatic heterocycles. The predicted molar refractivity (Wildman–Crippen MR) is 86.3 cm³/mol.